The van der Waals surface area contributed by atoms with Crippen molar-refractivity contribution in [2.45, 2.75) is 63.6 Å². The lowest BCUT2D eigenvalue weighted by atomic mass is 9.89. The van der Waals surface area contributed by atoms with Gasteiger partial charge < -0.3 is 10.1 Å². The van der Waals surface area contributed by atoms with Gasteiger partial charge in [-0.1, -0.05) is 11.6 Å². The Balaban J connectivity index is 1.70. The molecule has 1 aromatic heterocycles. The number of fused-ring (bicyclic) bond motifs is 1. The molecule has 19 heavy (non-hydrogen) atoms. The normalized spacial score (nSPS) is 30.1. The van der Waals surface area contributed by atoms with Gasteiger partial charge in [0.2, 0.25) is 0 Å². The van der Waals surface area contributed by atoms with Gasteiger partial charge in [0.25, 0.3) is 0 Å². The fourth-order valence-electron chi connectivity index (χ4n) is 3.35. The van der Waals surface area contributed by atoms with E-state index in [1.165, 1.54) is 29.7 Å². The van der Waals surface area contributed by atoms with Crippen molar-refractivity contribution >= 4 is 22.9 Å². The summed E-state index contributed by atoms with van der Waals surface area (Å²) in [5.41, 5.74) is 1.46. The van der Waals surface area contributed by atoms with E-state index in [0.717, 1.165) is 23.8 Å². The lowest BCUT2D eigenvalue weighted by Gasteiger charge is -2.38. The Morgan fingerprint density at radius 1 is 1.42 bits per heavy atom. The summed E-state index contributed by atoms with van der Waals surface area (Å²) in [7, 11) is 0. The molecule has 1 aliphatic heterocycles. The minimum absolute atomic E-state index is 0.0136. The molecule has 1 aromatic rings. The first-order valence-electron chi connectivity index (χ1n) is 7.22. The van der Waals surface area contributed by atoms with E-state index in [4.69, 9.17) is 16.3 Å². The molecule has 2 nitrogen and oxygen atoms in total. The van der Waals surface area contributed by atoms with Crippen molar-refractivity contribution in [2.24, 2.45) is 0 Å². The largest absolute Gasteiger partial charge is 0.375 e. The van der Waals surface area contributed by atoms with Crippen LogP contribution in [0.25, 0.3) is 0 Å². The maximum Gasteiger partial charge on any atom is 0.0934 e. The fraction of sp³-hybridized carbons (Fsp3) is 0.733. The minimum atomic E-state index is 0.0136. The summed E-state index contributed by atoms with van der Waals surface area (Å²) in [6, 6.07) is 3.23. The number of hydrogen-bond donors (Lipinski definition) is 1. The van der Waals surface area contributed by atoms with Crippen LogP contribution in [0.4, 0.5) is 0 Å². The van der Waals surface area contributed by atoms with Crippen LogP contribution in [0.2, 0.25) is 4.34 Å². The SMILES string of the molecule is CC1(C)CC(NC2CCCc3sc(Cl)cc32)CCO1. The average molecular weight is 300 g/mol. The van der Waals surface area contributed by atoms with E-state index in [-0.39, 0.29) is 5.60 Å². The average Bonchev–Trinajstić information content (AvgIpc) is 2.69. The number of thiophene rings is 1. The highest BCUT2D eigenvalue weighted by Gasteiger charge is 2.31. The molecular formula is C15H22ClNOS. The van der Waals surface area contributed by atoms with Gasteiger partial charge in [0, 0.05) is 23.6 Å². The molecule has 2 atom stereocenters. The highest BCUT2D eigenvalue weighted by atomic mass is 35.5. The van der Waals surface area contributed by atoms with Crippen molar-refractivity contribution < 1.29 is 4.74 Å². The van der Waals surface area contributed by atoms with Gasteiger partial charge in [-0.05, 0) is 57.6 Å². The summed E-state index contributed by atoms with van der Waals surface area (Å²) in [5, 5.41) is 3.85. The summed E-state index contributed by atoms with van der Waals surface area (Å²) in [6.45, 7) is 5.25. The number of halogens is 1. The van der Waals surface area contributed by atoms with E-state index in [9.17, 15) is 0 Å². The van der Waals surface area contributed by atoms with Gasteiger partial charge in [-0.2, -0.15) is 0 Å². The molecule has 1 aliphatic carbocycles. The zero-order valence-electron chi connectivity index (χ0n) is 11.7. The molecule has 106 valence electrons. The Morgan fingerprint density at radius 3 is 3.05 bits per heavy atom. The monoisotopic (exact) mass is 299 g/mol. The third-order valence-electron chi connectivity index (χ3n) is 4.22. The molecule has 2 unspecified atom stereocenters. The van der Waals surface area contributed by atoms with Crippen molar-refractivity contribution in [3.63, 3.8) is 0 Å². The van der Waals surface area contributed by atoms with Gasteiger partial charge in [0.05, 0.1) is 9.94 Å². The van der Waals surface area contributed by atoms with E-state index in [1.807, 2.05) is 0 Å². The van der Waals surface area contributed by atoms with Crippen LogP contribution in [-0.2, 0) is 11.2 Å². The Labute approximate surface area is 124 Å². The second kappa shape index (κ2) is 5.36. The molecule has 0 saturated carbocycles. The Kier molecular flexibility index (Phi) is 3.91. The van der Waals surface area contributed by atoms with E-state index < -0.39 is 0 Å². The number of aryl methyl sites for hydroxylation is 1. The van der Waals surface area contributed by atoms with Crippen LogP contribution in [0.15, 0.2) is 6.07 Å². The van der Waals surface area contributed by atoms with E-state index in [1.54, 1.807) is 11.3 Å². The molecule has 2 heterocycles. The molecule has 0 amide bonds. The predicted molar refractivity (Wildman–Crippen MR) is 81.2 cm³/mol. The first kappa shape index (κ1) is 13.9. The van der Waals surface area contributed by atoms with Gasteiger partial charge in [0.1, 0.15) is 0 Å². The molecule has 1 N–H and O–H groups in total. The van der Waals surface area contributed by atoms with Crippen molar-refractivity contribution in [2.75, 3.05) is 6.61 Å². The fourth-order valence-corrected chi connectivity index (χ4v) is 4.74. The van der Waals surface area contributed by atoms with Gasteiger partial charge in [-0.3, -0.25) is 0 Å². The standard InChI is InChI=1S/C15H22ClNOS/c1-15(2)9-10(6-7-18-15)17-12-4-3-5-13-11(12)8-14(16)19-13/h8,10,12,17H,3-7,9H2,1-2H3. The molecule has 0 bridgehead atoms. The second-order valence-electron chi connectivity index (χ2n) is 6.34. The van der Waals surface area contributed by atoms with E-state index in [2.05, 4.69) is 25.2 Å². The predicted octanol–water partition coefficient (Wildman–Crippen LogP) is 4.33. The maximum atomic E-state index is 6.17. The van der Waals surface area contributed by atoms with Gasteiger partial charge in [-0.15, -0.1) is 11.3 Å². The molecule has 0 spiro atoms. The molecule has 4 heteroatoms. The molecular weight excluding hydrogens is 278 g/mol. The summed E-state index contributed by atoms with van der Waals surface area (Å²) in [4.78, 5) is 1.49. The zero-order valence-corrected chi connectivity index (χ0v) is 13.2. The Bertz CT molecular complexity index is 457. The highest BCUT2D eigenvalue weighted by molar-refractivity contribution is 7.16. The van der Waals surface area contributed by atoms with Crippen molar-refractivity contribution in [1.82, 2.24) is 5.32 Å². The van der Waals surface area contributed by atoms with Crippen LogP contribution < -0.4 is 5.32 Å². The van der Waals surface area contributed by atoms with E-state index in [0.29, 0.717) is 12.1 Å². The zero-order chi connectivity index (χ0) is 13.5. The first-order valence-corrected chi connectivity index (χ1v) is 8.41. The third-order valence-corrected chi connectivity index (χ3v) is 5.56. The van der Waals surface area contributed by atoms with Crippen LogP contribution in [-0.4, -0.2) is 18.2 Å². The Morgan fingerprint density at radius 2 is 2.26 bits per heavy atom. The highest BCUT2D eigenvalue weighted by Crippen LogP contribution is 2.38. The third kappa shape index (κ3) is 3.15. The van der Waals surface area contributed by atoms with Gasteiger partial charge in [-0.25, -0.2) is 0 Å². The molecule has 1 saturated heterocycles. The number of ether oxygens (including phenoxy) is 1. The first-order chi connectivity index (χ1) is 9.03. The topological polar surface area (TPSA) is 21.3 Å². The quantitative estimate of drug-likeness (QED) is 0.878. The van der Waals surface area contributed by atoms with Crippen molar-refractivity contribution in [3.8, 4) is 0 Å². The molecule has 0 aromatic carbocycles. The molecule has 3 rings (SSSR count). The van der Waals surface area contributed by atoms with Crippen LogP contribution in [0, 0.1) is 0 Å². The number of nitrogens with one attached hydrogen (secondary N) is 1. The molecule has 2 aliphatic rings. The summed E-state index contributed by atoms with van der Waals surface area (Å²) < 4.78 is 6.74. The summed E-state index contributed by atoms with van der Waals surface area (Å²) in [5.74, 6) is 0. The smallest absolute Gasteiger partial charge is 0.0934 e. The number of rotatable bonds is 2. The minimum Gasteiger partial charge on any atom is -0.375 e. The van der Waals surface area contributed by atoms with Crippen molar-refractivity contribution in [1.29, 1.82) is 0 Å². The summed E-state index contributed by atoms with van der Waals surface area (Å²) in [6.07, 6.45) is 5.92. The van der Waals surface area contributed by atoms with Gasteiger partial charge >= 0.3 is 0 Å². The van der Waals surface area contributed by atoms with Crippen LogP contribution in [0.5, 0.6) is 0 Å². The molecule has 0 radical (unpaired) electrons. The van der Waals surface area contributed by atoms with E-state index >= 15 is 0 Å². The number of hydrogen-bond acceptors (Lipinski definition) is 3. The lowest BCUT2D eigenvalue weighted by molar-refractivity contribution is -0.0644. The lowest BCUT2D eigenvalue weighted by Crippen LogP contribution is -2.45. The second-order valence-corrected chi connectivity index (χ2v) is 8.11. The maximum absolute atomic E-state index is 6.17. The Hall–Kier alpha value is -0.0900. The van der Waals surface area contributed by atoms with Crippen LogP contribution in [0.1, 0.15) is 56.0 Å². The van der Waals surface area contributed by atoms with Gasteiger partial charge in [0.15, 0.2) is 0 Å². The van der Waals surface area contributed by atoms with Crippen molar-refractivity contribution in [3.05, 3.63) is 20.8 Å². The van der Waals surface area contributed by atoms with Crippen LogP contribution in [0.3, 0.4) is 0 Å². The summed E-state index contributed by atoms with van der Waals surface area (Å²) >= 11 is 7.93. The molecule has 1 fully saturated rings. The van der Waals surface area contributed by atoms with Crippen LogP contribution >= 0.6 is 22.9 Å².